The van der Waals surface area contributed by atoms with E-state index in [1.165, 1.54) is 0 Å². The monoisotopic (exact) mass is 315 g/mol. The molecule has 12 heavy (non-hydrogen) atoms. The van der Waals surface area contributed by atoms with Gasteiger partial charge in [0.1, 0.15) is 4.60 Å². The van der Waals surface area contributed by atoms with Gasteiger partial charge in [-0.1, -0.05) is 0 Å². The van der Waals surface area contributed by atoms with Gasteiger partial charge in [-0.2, -0.15) is 13.2 Å². The van der Waals surface area contributed by atoms with E-state index in [2.05, 4.69) is 36.8 Å². The maximum absolute atomic E-state index is 11.9. The standard InChI is InChI=1S/C4HBr2F3N2.Na/c5-2-1(4(7,8)9)10-3(6)11-2;/h(H,10,11);. The summed E-state index contributed by atoms with van der Waals surface area (Å²) in [6, 6.07) is 0. The molecule has 0 saturated heterocycles. The number of hydrogen-bond acceptors (Lipinski definition) is 1. The SMILES string of the molecule is FC(F)(F)c1[nH]c(Br)nc1Br.[Na]. The second kappa shape index (κ2) is 4.45. The summed E-state index contributed by atoms with van der Waals surface area (Å²) in [7, 11) is 0. The van der Waals surface area contributed by atoms with Gasteiger partial charge in [-0.3, -0.25) is 0 Å². The van der Waals surface area contributed by atoms with Crippen LogP contribution in [0.5, 0.6) is 0 Å². The minimum atomic E-state index is -4.39. The summed E-state index contributed by atoms with van der Waals surface area (Å²) in [4.78, 5) is 5.45. The molecule has 0 atom stereocenters. The largest absolute Gasteiger partial charge is 0.433 e. The van der Waals surface area contributed by atoms with Crippen LogP contribution >= 0.6 is 31.9 Å². The van der Waals surface area contributed by atoms with Crippen molar-refractivity contribution in [2.45, 2.75) is 6.18 Å². The first-order valence-electron chi connectivity index (χ1n) is 2.39. The number of imidazole rings is 1. The predicted octanol–water partition coefficient (Wildman–Crippen LogP) is 2.57. The molecule has 63 valence electrons. The van der Waals surface area contributed by atoms with Crippen LogP contribution in [0.15, 0.2) is 9.34 Å². The summed E-state index contributed by atoms with van der Waals surface area (Å²) in [5, 5.41) is 0. The first kappa shape index (κ1) is 13.0. The fourth-order valence-corrected chi connectivity index (χ4v) is 1.63. The van der Waals surface area contributed by atoms with Crippen LogP contribution in [0, 0.1) is 0 Å². The number of H-pyrrole nitrogens is 1. The number of aromatic amines is 1. The quantitative estimate of drug-likeness (QED) is 0.732. The van der Waals surface area contributed by atoms with Crippen LogP contribution in [-0.4, -0.2) is 39.5 Å². The molecule has 0 aromatic carbocycles. The zero-order valence-electron chi connectivity index (χ0n) is 5.84. The summed E-state index contributed by atoms with van der Waals surface area (Å²) in [5.74, 6) is 0. The van der Waals surface area contributed by atoms with Gasteiger partial charge in [0.05, 0.1) is 0 Å². The summed E-state index contributed by atoms with van der Waals surface area (Å²) in [5.41, 5.74) is -0.885. The van der Waals surface area contributed by atoms with Gasteiger partial charge in [0, 0.05) is 29.6 Å². The van der Waals surface area contributed by atoms with Crippen molar-refractivity contribution in [3.63, 3.8) is 0 Å². The molecule has 0 aliphatic carbocycles. The molecule has 0 aliphatic rings. The van der Waals surface area contributed by atoms with Gasteiger partial charge < -0.3 is 4.98 Å². The van der Waals surface area contributed by atoms with E-state index in [0.29, 0.717) is 0 Å². The Balaban J connectivity index is 0.00000121. The molecule has 1 aromatic heterocycles. The van der Waals surface area contributed by atoms with E-state index in [4.69, 9.17) is 0 Å². The zero-order valence-corrected chi connectivity index (χ0v) is 11.0. The molecule has 1 heterocycles. The topological polar surface area (TPSA) is 28.7 Å². The van der Waals surface area contributed by atoms with Crippen molar-refractivity contribution in [3.05, 3.63) is 15.0 Å². The third-order valence-electron chi connectivity index (χ3n) is 0.914. The van der Waals surface area contributed by atoms with Gasteiger partial charge in [-0.25, -0.2) is 4.98 Å². The Kier molecular flexibility index (Phi) is 4.81. The maximum atomic E-state index is 11.9. The molecule has 1 aromatic rings. The summed E-state index contributed by atoms with van der Waals surface area (Å²) < 4.78 is 35.6. The summed E-state index contributed by atoms with van der Waals surface area (Å²) in [6.45, 7) is 0. The fourth-order valence-electron chi connectivity index (χ4n) is 0.513. The third-order valence-corrected chi connectivity index (χ3v) is 1.86. The van der Waals surface area contributed by atoms with E-state index in [1.54, 1.807) is 0 Å². The van der Waals surface area contributed by atoms with Gasteiger partial charge in [-0.15, -0.1) is 0 Å². The Morgan fingerprint density at radius 2 is 1.75 bits per heavy atom. The zero-order chi connectivity index (χ0) is 8.65. The number of hydrogen-bond donors (Lipinski definition) is 1. The minimum absolute atomic E-state index is 0. The van der Waals surface area contributed by atoms with E-state index in [0.717, 1.165) is 0 Å². The fraction of sp³-hybridized carbons (Fsp3) is 0.250. The Bertz CT molecular complexity index is 272. The predicted molar refractivity (Wildman–Crippen MR) is 44.7 cm³/mol. The van der Waals surface area contributed by atoms with E-state index in [1.807, 2.05) is 4.98 Å². The molecule has 8 heteroatoms. The van der Waals surface area contributed by atoms with E-state index >= 15 is 0 Å². The number of alkyl halides is 3. The molecule has 0 bridgehead atoms. The van der Waals surface area contributed by atoms with Crippen molar-refractivity contribution in [2.24, 2.45) is 0 Å². The van der Waals surface area contributed by atoms with Crippen molar-refractivity contribution in [3.8, 4) is 0 Å². The molecule has 0 unspecified atom stereocenters. The van der Waals surface area contributed by atoms with E-state index < -0.39 is 11.9 Å². The van der Waals surface area contributed by atoms with Gasteiger partial charge >= 0.3 is 6.18 Å². The van der Waals surface area contributed by atoms with Crippen LogP contribution in [0.1, 0.15) is 5.69 Å². The Labute approximate surface area is 105 Å². The van der Waals surface area contributed by atoms with Crippen molar-refractivity contribution >= 4 is 61.4 Å². The molecule has 1 radical (unpaired) electrons. The Morgan fingerprint density at radius 3 is 1.92 bits per heavy atom. The van der Waals surface area contributed by atoms with E-state index in [9.17, 15) is 13.2 Å². The van der Waals surface area contributed by atoms with Crippen LogP contribution < -0.4 is 0 Å². The number of nitrogens with one attached hydrogen (secondary N) is 1. The van der Waals surface area contributed by atoms with Crippen molar-refractivity contribution in [1.82, 2.24) is 9.97 Å². The first-order valence-corrected chi connectivity index (χ1v) is 3.98. The molecule has 0 spiro atoms. The minimum Gasteiger partial charge on any atom is -0.328 e. The van der Waals surface area contributed by atoms with E-state index in [-0.39, 0.29) is 38.9 Å². The Hall–Kier alpha value is 0.960. The second-order valence-electron chi connectivity index (χ2n) is 1.69. The number of rotatable bonds is 0. The molecular weight excluding hydrogens is 316 g/mol. The van der Waals surface area contributed by atoms with Crippen LogP contribution in [0.3, 0.4) is 0 Å². The number of nitrogens with zero attached hydrogens (tertiary/aromatic N) is 1. The normalized spacial score (nSPS) is 11.1. The molecule has 0 fully saturated rings. The molecular formula is C4HBr2F3N2Na. The van der Waals surface area contributed by atoms with Crippen LogP contribution in [0.2, 0.25) is 0 Å². The van der Waals surface area contributed by atoms with Gasteiger partial charge in [0.2, 0.25) is 0 Å². The third kappa shape index (κ3) is 3.02. The van der Waals surface area contributed by atoms with Crippen LogP contribution in [-0.2, 0) is 6.18 Å². The molecule has 1 N–H and O–H groups in total. The van der Waals surface area contributed by atoms with Gasteiger partial charge in [0.25, 0.3) is 0 Å². The average Bonchev–Trinajstić information content (AvgIpc) is 2.08. The van der Waals surface area contributed by atoms with Crippen LogP contribution in [0.4, 0.5) is 13.2 Å². The molecule has 0 saturated carbocycles. The average molecular weight is 317 g/mol. The van der Waals surface area contributed by atoms with Crippen molar-refractivity contribution in [2.75, 3.05) is 0 Å². The molecule has 0 aliphatic heterocycles. The molecule has 0 amide bonds. The molecule has 1 rings (SSSR count). The van der Waals surface area contributed by atoms with Crippen molar-refractivity contribution in [1.29, 1.82) is 0 Å². The smallest absolute Gasteiger partial charge is 0.328 e. The first-order chi connectivity index (χ1) is 4.91. The maximum Gasteiger partial charge on any atom is 0.433 e. The Morgan fingerprint density at radius 1 is 1.25 bits per heavy atom. The summed E-state index contributed by atoms with van der Waals surface area (Å²) in [6.07, 6.45) is -4.39. The van der Waals surface area contributed by atoms with Crippen LogP contribution in [0.25, 0.3) is 0 Å². The molecule has 2 nitrogen and oxygen atoms in total. The number of aromatic nitrogens is 2. The summed E-state index contributed by atoms with van der Waals surface area (Å²) >= 11 is 5.44. The van der Waals surface area contributed by atoms with Gasteiger partial charge in [-0.05, 0) is 31.9 Å². The number of halogens is 5. The second-order valence-corrected chi connectivity index (χ2v) is 3.19. The van der Waals surface area contributed by atoms with Crippen molar-refractivity contribution < 1.29 is 13.2 Å². The van der Waals surface area contributed by atoms with Gasteiger partial charge in [0.15, 0.2) is 10.4 Å².